The fourth-order valence-corrected chi connectivity index (χ4v) is 3.07. The number of nitrogens with one attached hydrogen (secondary N) is 1. The van der Waals surface area contributed by atoms with Gasteiger partial charge in [-0.3, -0.25) is 0 Å². The van der Waals surface area contributed by atoms with E-state index in [1.807, 2.05) is 6.92 Å². The van der Waals surface area contributed by atoms with Gasteiger partial charge in [0.05, 0.1) is 11.5 Å². The molecule has 18 heavy (non-hydrogen) atoms. The zero-order valence-electron chi connectivity index (χ0n) is 10.4. The van der Waals surface area contributed by atoms with Crippen molar-refractivity contribution in [3.8, 4) is 0 Å². The highest BCUT2D eigenvalue weighted by molar-refractivity contribution is 7.89. The summed E-state index contributed by atoms with van der Waals surface area (Å²) in [6.07, 6.45) is 2.95. The zero-order chi connectivity index (χ0) is 13.6. The number of halogens is 1. The smallest absolute Gasteiger partial charge is 0.241 e. The van der Waals surface area contributed by atoms with Gasteiger partial charge < -0.3 is 4.74 Å². The lowest BCUT2D eigenvalue weighted by molar-refractivity contribution is 0.171. The van der Waals surface area contributed by atoms with Crippen molar-refractivity contribution in [1.82, 2.24) is 9.71 Å². The van der Waals surface area contributed by atoms with Crippen molar-refractivity contribution >= 4 is 21.6 Å². The molecule has 102 valence electrons. The molecule has 1 unspecified atom stereocenters. The highest BCUT2D eigenvalue weighted by atomic mass is 35.5. The van der Waals surface area contributed by atoms with Crippen molar-refractivity contribution in [3.63, 3.8) is 0 Å². The monoisotopic (exact) mass is 292 g/mol. The van der Waals surface area contributed by atoms with Gasteiger partial charge in [0.15, 0.2) is 0 Å². The Hall–Kier alpha value is -0.690. The highest BCUT2D eigenvalue weighted by Gasteiger charge is 2.19. The van der Waals surface area contributed by atoms with Crippen LogP contribution in [0.5, 0.6) is 0 Å². The molecule has 7 heteroatoms. The maximum atomic E-state index is 12.1. The molecule has 0 fully saturated rings. The maximum absolute atomic E-state index is 12.1. The van der Waals surface area contributed by atoms with E-state index in [9.17, 15) is 8.42 Å². The first-order chi connectivity index (χ1) is 8.49. The number of ether oxygens (including phenoxy) is 1. The molecule has 1 aromatic heterocycles. The molecule has 0 bridgehead atoms. The minimum atomic E-state index is -3.58. The van der Waals surface area contributed by atoms with Crippen LogP contribution in [-0.4, -0.2) is 33.2 Å². The molecule has 0 radical (unpaired) electrons. The minimum absolute atomic E-state index is 0.111. The second-order valence-electron chi connectivity index (χ2n) is 3.88. The lowest BCUT2D eigenvalue weighted by Gasteiger charge is -2.17. The second-order valence-corrected chi connectivity index (χ2v) is 5.98. The molecular weight excluding hydrogens is 276 g/mol. The third kappa shape index (κ3) is 4.53. The molecule has 1 rings (SSSR count). The summed E-state index contributed by atoms with van der Waals surface area (Å²) in [7, 11) is -2.04. The lowest BCUT2D eigenvalue weighted by Crippen LogP contribution is -2.37. The predicted molar refractivity (Wildman–Crippen MR) is 70.1 cm³/mol. The number of hydrogen-bond acceptors (Lipinski definition) is 4. The van der Waals surface area contributed by atoms with E-state index in [4.69, 9.17) is 16.3 Å². The van der Waals surface area contributed by atoms with E-state index in [0.29, 0.717) is 13.0 Å². The Kier molecular flexibility index (Phi) is 6.01. The summed E-state index contributed by atoms with van der Waals surface area (Å²) in [6, 6.07) is 2.49. The number of nitrogens with zero attached hydrogens (tertiary/aromatic N) is 1. The third-order valence-corrected chi connectivity index (χ3v) is 4.06. The van der Waals surface area contributed by atoms with Crippen LogP contribution >= 0.6 is 11.6 Å². The Morgan fingerprint density at radius 3 is 2.83 bits per heavy atom. The van der Waals surface area contributed by atoms with Crippen molar-refractivity contribution in [2.75, 3.05) is 13.7 Å². The fourth-order valence-electron chi connectivity index (χ4n) is 1.57. The van der Waals surface area contributed by atoms with Gasteiger partial charge in [0.1, 0.15) is 5.15 Å². The summed E-state index contributed by atoms with van der Waals surface area (Å²) >= 11 is 5.68. The molecule has 0 aliphatic rings. The largest absolute Gasteiger partial charge is 0.383 e. The van der Waals surface area contributed by atoms with Crippen LogP contribution in [0.4, 0.5) is 0 Å². The fraction of sp³-hybridized carbons (Fsp3) is 0.545. The van der Waals surface area contributed by atoms with Gasteiger partial charge in [0.25, 0.3) is 0 Å². The average Bonchev–Trinajstić information content (AvgIpc) is 2.29. The summed E-state index contributed by atoms with van der Waals surface area (Å²) in [5, 5.41) is 0.150. The van der Waals surface area contributed by atoms with Gasteiger partial charge in [0.2, 0.25) is 10.0 Å². The number of sulfonamides is 1. The number of methoxy groups -OCH3 is 1. The van der Waals surface area contributed by atoms with Gasteiger partial charge >= 0.3 is 0 Å². The molecule has 0 aromatic carbocycles. The van der Waals surface area contributed by atoms with Crippen LogP contribution < -0.4 is 4.72 Å². The Labute approximate surface area is 113 Å². The Balaban J connectivity index is 2.86. The molecule has 1 N–H and O–H groups in total. The second kappa shape index (κ2) is 7.04. The van der Waals surface area contributed by atoms with Crippen LogP contribution in [0.15, 0.2) is 23.2 Å². The number of pyridine rings is 1. The first-order valence-electron chi connectivity index (χ1n) is 5.62. The van der Waals surface area contributed by atoms with Gasteiger partial charge in [-0.15, -0.1) is 0 Å². The predicted octanol–water partition coefficient (Wildman–Crippen LogP) is 1.83. The Morgan fingerprint density at radius 2 is 2.28 bits per heavy atom. The van der Waals surface area contributed by atoms with E-state index in [1.165, 1.54) is 18.3 Å². The quantitative estimate of drug-likeness (QED) is 0.779. The Morgan fingerprint density at radius 1 is 1.56 bits per heavy atom. The summed E-state index contributed by atoms with van der Waals surface area (Å²) in [5.74, 6) is 0. The SMILES string of the molecule is CCCC(COC)NS(=O)(=O)c1ccnc(Cl)c1. The van der Waals surface area contributed by atoms with Crippen LogP contribution in [0, 0.1) is 0 Å². The topological polar surface area (TPSA) is 68.3 Å². The van der Waals surface area contributed by atoms with Gasteiger partial charge in [0, 0.05) is 19.3 Å². The van der Waals surface area contributed by atoms with Crippen LogP contribution in [0.2, 0.25) is 5.15 Å². The van der Waals surface area contributed by atoms with E-state index < -0.39 is 10.0 Å². The lowest BCUT2D eigenvalue weighted by atomic mass is 10.2. The Bertz CT molecular complexity index is 473. The van der Waals surface area contributed by atoms with Gasteiger partial charge in [-0.2, -0.15) is 0 Å². The molecule has 0 saturated heterocycles. The van der Waals surface area contributed by atoms with Gasteiger partial charge in [-0.25, -0.2) is 18.1 Å². The highest BCUT2D eigenvalue weighted by Crippen LogP contribution is 2.13. The number of hydrogen-bond donors (Lipinski definition) is 1. The molecule has 1 aromatic rings. The molecule has 0 amide bonds. The van der Waals surface area contributed by atoms with Crippen molar-refractivity contribution in [1.29, 1.82) is 0 Å². The normalized spacial score (nSPS) is 13.5. The standard InChI is InChI=1S/C11H17ClN2O3S/c1-3-4-9(8-17-2)14-18(15,16)10-5-6-13-11(12)7-10/h5-7,9,14H,3-4,8H2,1-2H3. The van der Waals surface area contributed by atoms with Crippen LogP contribution in [-0.2, 0) is 14.8 Å². The number of rotatable bonds is 7. The average molecular weight is 293 g/mol. The van der Waals surface area contributed by atoms with Gasteiger partial charge in [-0.1, -0.05) is 24.9 Å². The van der Waals surface area contributed by atoms with Crippen molar-refractivity contribution in [3.05, 3.63) is 23.5 Å². The van der Waals surface area contributed by atoms with Crippen LogP contribution in [0.1, 0.15) is 19.8 Å². The van der Waals surface area contributed by atoms with E-state index in [2.05, 4.69) is 9.71 Å². The molecular formula is C11H17ClN2O3S. The van der Waals surface area contributed by atoms with E-state index in [0.717, 1.165) is 6.42 Å². The molecule has 0 aliphatic heterocycles. The van der Waals surface area contributed by atoms with Gasteiger partial charge in [-0.05, 0) is 18.6 Å². The van der Waals surface area contributed by atoms with E-state index >= 15 is 0 Å². The molecule has 0 spiro atoms. The summed E-state index contributed by atoms with van der Waals surface area (Å²) in [4.78, 5) is 3.86. The van der Waals surface area contributed by atoms with Crippen molar-refractivity contribution < 1.29 is 13.2 Å². The van der Waals surface area contributed by atoms with Crippen molar-refractivity contribution in [2.45, 2.75) is 30.7 Å². The van der Waals surface area contributed by atoms with E-state index in [1.54, 1.807) is 7.11 Å². The molecule has 0 saturated carbocycles. The molecule has 1 heterocycles. The number of aromatic nitrogens is 1. The maximum Gasteiger partial charge on any atom is 0.241 e. The zero-order valence-corrected chi connectivity index (χ0v) is 12.0. The summed E-state index contributed by atoms with van der Waals surface area (Å²) in [6.45, 7) is 2.33. The first-order valence-corrected chi connectivity index (χ1v) is 7.48. The molecule has 5 nitrogen and oxygen atoms in total. The van der Waals surface area contributed by atoms with Crippen LogP contribution in [0.3, 0.4) is 0 Å². The molecule has 1 atom stereocenters. The minimum Gasteiger partial charge on any atom is -0.383 e. The summed E-state index contributed by atoms with van der Waals surface area (Å²) < 4.78 is 31.8. The first kappa shape index (κ1) is 15.4. The summed E-state index contributed by atoms with van der Waals surface area (Å²) in [5.41, 5.74) is 0. The van der Waals surface area contributed by atoms with Crippen molar-refractivity contribution in [2.24, 2.45) is 0 Å². The van der Waals surface area contributed by atoms with E-state index in [-0.39, 0.29) is 16.1 Å². The third-order valence-electron chi connectivity index (χ3n) is 2.34. The molecule has 0 aliphatic carbocycles. The van der Waals surface area contributed by atoms with Crippen LogP contribution in [0.25, 0.3) is 0 Å².